The molecule has 1 aromatic carbocycles. The zero-order chi connectivity index (χ0) is 8.27. The summed E-state index contributed by atoms with van der Waals surface area (Å²) in [7, 11) is 0. The first-order valence-corrected chi connectivity index (χ1v) is 3.99. The molecule has 58 valence electrons. The SMILES string of the molecule is Cc1cc(Br)ccc1NC=O. The number of hydrogen-bond donors (Lipinski definition) is 1. The van der Waals surface area contributed by atoms with Crippen molar-refractivity contribution in [3.05, 3.63) is 28.2 Å². The predicted molar refractivity (Wildman–Crippen MR) is 48.6 cm³/mol. The number of amides is 1. The summed E-state index contributed by atoms with van der Waals surface area (Å²) in [5, 5.41) is 2.60. The minimum atomic E-state index is 0.677. The molecule has 0 aliphatic carbocycles. The molecule has 3 heteroatoms. The molecular weight excluding hydrogens is 206 g/mol. The minimum absolute atomic E-state index is 0.677. The van der Waals surface area contributed by atoms with E-state index in [-0.39, 0.29) is 0 Å². The second-order valence-corrected chi connectivity index (χ2v) is 3.14. The Morgan fingerprint density at radius 1 is 1.55 bits per heavy atom. The average molecular weight is 214 g/mol. The van der Waals surface area contributed by atoms with Crippen LogP contribution in [0.3, 0.4) is 0 Å². The highest BCUT2D eigenvalue weighted by Gasteiger charge is 1.95. The molecule has 11 heavy (non-hydrogen) atoms. The quantitative estimate of drug-likeness (QED) is 0.752. The molecule has 0 saturated heterocycles. The number of hydrogen-bond acceptors (Lipinski definition) is 1. The molecule has 1 rings (SSSR count). The first-order valence-electron chi connectivity index (χ1n) is 3.20. The normalized spacial score (nSPS) is 9.27. The van der Waals surface area contributed by atoms with Gasteiger partial charge >= 0.3 is 0 Å². The van der Waals surface area contributed by atoms with Crippen LogP contribution in [0.4, 0.5) is 5.69 Å². The van der Waals surface area contributed by atoms with Gasteiger partial charge < -0.3 is 5.32 Å². The zero-order valence-electron chi connectivity index (χ0n) is 6.10. The number of anilines is 1. The van der Waals surface area contributed by atoms with Crippen molar-refractivity contribution in [1.82, 2.24) is 0 Å². The highest BCUT2D eigenvalue weighted by molar-refractivity contribution is 9.10. The summed E-state index contributed by atoms with van der Waals surface area (Å²) in [6, 6.07) is 5.69. The van der Waals surface area contributed by atoms with E-state index in [9.17, 15) is 4.79 Å². The molecule has 0 heterocycles. The van der Waals surface area contributed by atoms with Crippen LogP contribution < -0.4 is 5.32 Å². The molecule has 0 radical (unpaired) electrons. The van der Waals surface area contributed by atoms with Crippen molar-refractivity contribution in [2.24, 2.45) is 0 Å². The number of halogens is 1. The Kier molecular flexibility index (Phi) is 2.65. The van der Waals surface area contributed by atoms with Gasteiger partial charge in [-0.15, -0.1) is 0 Å². The third-order valence-corrected chi connectivity index (χ3v) is 1.90. The molecule has 0 bridgehead atoms. The molecule has 1 aromatic rings. The van der Waals surface area contributed by atoms with Gasteiger partial charge in [-0.3, -0.25) is 4.79 Å². The largest absolute Gasteiger partial charge is 0.328 e. The zero-order valence-corrected chi connectivity index (χ0v) is 7.68. The van der Waals surface area contributed by atoms with Gasteiger partial charge in [0.1, 0.15) is 0 Å². The van der Waals surface area contributed by atoms with Crippen LogP contribution in [0.25, 0.3) is 0 Å². The van der Waals surface area contributed by atoms with Gasteiger partial charge in [-0.05, 0) is 30.7 Å². The molecule has 0 spiro atoms. The lowest BCUT2D eigenvalue weighted by atomic mass is 10.2. The van der Waals surface area contributed by atoms with E-state index >= 15 is 0 Å². The van der Waals surface area contributed by atoms with Gasteiger partial charge in [0.25, 0.3) is 0 Å². The van der Waals surface area contributed by atoms with E-state index < -0.39 is 0 Å². The Balaban J connectivity index is 2.98. The standard InChI is InChI=1S/C8H8BrNO/c1-6-4-7(9)2-3-8(6)10-5-11/h2-5H,1H3,(H,10,11). The van der Waals surface area contributed by atoms with Crippen LogP contribution in [0.15, 0.2) is 22.7 Å². The van der Waals surface area contributed by atoms with Crippen LogP contribution in [0.1, 0.15) is 5.56 Å². The first-order chi connectivity index (χ1) is 5.24. The van der Waals surface area contributed by atoms with Crippen molar-refractivity contribution in [2.75, 3.05) is 5.32 Å². The number of benzene rings is 1. The second-order valence-electron chi connectivity index (χ2n) is 2.22. The molecule has 1 N–H and O–H groups in total. The fourth-order valence-corrected chi connectivity index (χ4v) is 1.33. The summed E-state index contributed by atoms with van der Waals surface area (Å²) in [6.07, 6.45) is 0.677. The fraction of sp³-hybridized carbons (Fsp3) is 0.125. The fourth-order valence-electron chi connectivity index (χ4n) is 0.853. The lowest BCUT2D eigenvalue weighted by molar-refractivity contribution is -0.105. The average Bonchev–Trinajstić information content (AvgIpc) is 1.95. The number of rotatable bonds is 2. The molecule has 1 amide bonds. The Bertz CT molecular complexity index is 273. The number of aryl methyl sites for hydroxylation is 1. The van der Waals surface area contributed by atoms with Gasteiger partial charge in [0.2, 0.25) is 6.41 Å². The number of carbonyl (C=O) groups is 1. The summed E-state index contributed by atoms with van der Waals surface area (Å²) in [6.45, 7) is 1.94. The Labute approximate surface area is 73.7 Å². The van der Waals surface area contributed by atoms with Crippen LogP contribution in [-0.4, -0.2) is 6.41 Å². The molecule has 0 saturated carbocycles. The summed E-state index contributed by atoms with van der Waals surface area (Å²) < 4.78 is 1.02. The maximum absolute atomic E-state index is 10.1. The third kappa shape index (κ3) is 2.05. The Hall–Kier alpha value is -0.830. The lowest BCUT2D eigenvalue weighted by Crippen LogP contribution is -1.95. The third-order valence-electron chi connectivity index (χ3n) is 1.40. The van der Waals surface area contributed by atoms with Crippen molar-refractivity contribution < 1.29 is 4.79 Å². The maximum atomic E-state index is 10.1. The van der Waals surface area contributed by atoms with Crippen LogP contribution in [0.5, 0.6) is 0 Å². The monoisotopic (exact) mass is 213 g/mol. The molecule has 0 unspecified atom stereocenters. The van der Waals surface area contributed by atoms with Crippen LogP contribution in [0, 0.1) is 6.92 Å². The van der Waals surface area contributed by atoms with E-state index in [1.807, 2.05) is 25.1 Å². The lowest BCUT2D eigenvalue weighted by Gasteiger charge is -2.02. The van der Waals surface area contributed by atoms with E-state index in [0.717, 1.165) is 15.7 Å². The smallest absolute Gasteiger partial charge is 0.211 e. The molecular formula is C8H8BrNO. The van der Waals surface area contributed by atoms with Crippen molar-refractivity contribution in [1.29, 1.82) is 0 Å². The molecule has 0 aliphatic heterocycles. The predicted octanol–water partition coefficient (Wildman–Crippen LogP) is 2.33. The minimum Gasteiger partial charge on any atom is -0.328 e. The van der Waals surface area contributed by atoms with Crippen molar-refractivity contribution in [2.45, 2.75) is 6.92 Å². The Morgan fingerprint density at radius 2 is 2.27 bits per heavy atom. The van der Waals surface area contributed by atoms with E-state index in [4.69, 9.17) is 0 Å². The van der Waals surface area contributed by atoms with E-state index in [1.54, 1.807) is 0 Å². The van der Waals surface area contributed by atoms with Gasteiger partial charge in [0, 0.05) is 10.2 Å². The first kappa shape index (κ1) is 8.27. The highest BCUT2D eigenvalue weighted by Crippen LogP contribution is 2.18. The van der Waals surface area contributed by atoms with E-state index in [1.165, 1.54) is 0 Å². The van der Waals surface area contributed by atoms with Gasteiger partial charge in [0.05, 0.1) is 0 Å². The van der Waals surface area contributed by atoms with E-state index in [0.29, 0.717) is 6.41 Å². The summed E-state index contributed by atoms with van der Waals surface area (Å²) in [5.74, 6) is 0. The summed E-state index contributed by atoms with van der Waals surface area (Å²) >= 11 is 3.33. The Morgan fingerprint density at radius 3 is 2.82 bits per heavy atom. The van der Waals surface area contributed by atoms with Crippen molar-refractivity contribution in [3.63, 3.8) is 0 Å². The van der Waals surface area contributed by atoms with Crippen LogP contribution >= 0.6 is 15.9 Å². The molecule has 2 nitrogen and oxygen atoms in total. The van der Waals surface area contributed by atoms with Crippen LogP contribution in [-0.2, 0) is 4.79 Å². The molecule has 0 aliphatic rings. The van der Waals surface area contributed by atoms with Gasteiger partial charge in [0.15, 0.2) is 0 Å². The van der Waals surface area contributed by atoms with Gasteiger partial charge in [-0.25, -0.2) is 0 Å². The van der Waals surface area contributed by atoms with Crippen LogP contribution in [0.2, 0.25) is 0 Å². The van der Waals surface area contributed by atoms with E-state index in [2.05, 4.69) is 21.2 Å². The van der Waals surface area contributed by atoms with Gasteiger partial charge in [-0.2, -0.15) is 0 Å². The van der Waals surface area contributed by atoms with Gasteiger partial charge in [-0.1, -0.05) is 15.9 Å². The molecule has 0 atom stereocenters. The maximum Gasteiger partial charge on any atom is 0.211 e. The van der Waals surface area contributed by atoms with Crippen molar-refractivity contribution >= 4 is 28.0 Å². The topological polar surface area (TPSA) is 29.1 Å². The second kappa shape index (κ2) is 3.53. The highest BCUT2D eigenvalue weighted by atomic mass is 79.9. The molecule has 0 fully saturated rings. The molecule has 0 aromatic heterocycles. The summed E-state index contributed by atoms with van der Waals surface area (Å²) in [4.78, 5) is 10.1. The number of carbonyl (C=O) groups excluding carboxylic acids is 1. The van der Waals surface area contributed by atoms with Crippen molar-refractivity contribution in [3.8, 4) is 0 Å². The summed E-state index contributed by atoms with van der Waals surface area (Å²) in [5.41, 5.74) is 1.90. The number of nitrogens with one attached hydrogen (secondary N) is 1.